The first kappa shape index (κ1) is 13.2. The normalized spacial score (nSPS) is 11.0. The molecule has 0 spiro atoms. The highest BCUT2D eigenvalue weighted by Gasteiger charge is 2.24. The van der Waals surface area contributed by atoms with Gasteiger partial charge in [0.05, 0.1) is 19.1 Å². The third-order valence-corrected chi connectivity index (χ3v) is 2.73. The lowest BCUT2D eigenvalue weighted by molar-refractivity contribution is -0.141. The molecule has 17 heavy (non-hydrogen) atoms. The Morgan fingerprint density at radius 3 is 2.18 bits per heavy atom. The van der Waals surface area contributed by atoms with Crippen LogP contribution in [-0.4, -0.2) is 24.2 Å². The second-order valence-corrected chi connectivity index (χ2v) is 4.52. The number of aromatic carboxylic acids is 1. The minimum Gasteiger partial charge on any atom is -0.478 e. The Hall–Kier alpha value is -1.84. The van der Waals surface area contributed by atoms with E-state index >= 15 is 0 Å². The number of ether oxygens (including phenoxy) is 1. The Morgan fingerprint density at radius 2 is 1.76 bits per heavy atom. The first-order valence-electron chi connectivity index (χ1n) is 5.27. The number of carboxylic acid groups (broad SMARTS) is 1. The molecule has 0 atom stereocenters. The summed E-state index contributed by atoms with van der Waals surface area (Å²) in [5, 5.41) is 8.79. The molecule has 1 rings (SSSR count). The molecule has 0 bridgehead atoms. The van der Waals surface area contributed by atoms with E-state index in [0.29, 0.717) is 0 Å². The first-order chi connectivity index (χ1) is 7.86. The van der Waals surface area contributed by atoms with Crippen molar-refractivity contribution in [3.05, 3.63) is 35.4 Å². The van der Waals surface area contributed by atoms with Crippen LogP contribution in [0.3, 0.4) is 0 Å². The summed E-state index contributed by atoms with van der Waals surface area (Å²) < 4.78 is 4.64. The molecular formula is C13H16O4. The minimum absolute atomic E-state index is 0.239. The quantitative estimate of drug-likeness (QED) is 0.814. The van der Waals surface area contributed by atoms with Crippen LogP contribution in [0.5, 0.6) is 0 Å². The van der Waals surface area contributed by atoms with Crippen LogP contribution in [-0.2, 0) is 14.9 Å². The third-order valence-electron chi connectivity index (χ3n) is 2.73. The molecule has 0 radical (unpaired) electrons. The maximum Gasteiger partial charge on any atom is 0.335 e. The summed E-state index contributed by atoms with van der Waals surface area (Å²) in [6.45, 7) is 3.83. The zero-order valence-electron chi connectivity index (χ0n) is 10.2. The standard InChI is InChI=1S/C13H16O4/c1-13(2,8-11(14)17-3)10-6-4-9(5-7-10)12(15)16/h4-7H,8H2,1-3H3,(H,15,16). The van der Waals surface area contributed by atoms with Crippen molar-refractivity contribution >= 4 is 11.9 Å². The monoisotopic (exact) mass is 236 g/mol. The van der Waals surface area contributed by atoms with Crippen LogP contribution in [0.15, 0.2) is 24.3 Å². The van der Waals surface area contributed by atoms with Crippen molar-refractivity contribution in [2.24, 2.45) is 0 Å². The Kier molecular flexibility index (Phi) is 3.89. The summed E-state index contributed by atoms with van der Waals surface area (Å²) in [4.78, 5) is 22.0. The van der Waals surface area contributed by atoms with Crippen LogP contribution in [0.25, 0.3) is 0 Å². The molecule has 0 fully saturated rings. The molecule has 0 saturated heterocycles. The van der Waals surface area contributed by atoms with Gasteiger partial charge in [-0.25, -0.2) is 4.79 Å². The van der Waals surface area contributed by atoms with Gasteiger partial charge in [0.1, 0.15) is 0 Å². The van der Waals surface area contributed by atoms with Crippen molar-refractivity contribution in [1.82, 2.24) is 0 Å². The molecule has 4 nitrogen and oxygen atoms in total. The number of benzene rings is 1. The molecule has 1 N–H and O–H groups in total. The van der Waals surface area contributed by atoms with E-state index in [1.54, 1.807) is 12.1 Å². The van der Waals surface area contributed by atoms with Gasteiger partial charge in [-0.05, 0) is 17.7 Å². The number of esters is 1. The van der Waals surface area contributed by atoms with Crippen molar-refractivity contribution in [3.63, 3.8) is 0 Å². The molecule has 92 valence electrons. The number of carbonyl (C=O) groups excluding carboxylic acids is 1. The number of hydrogen-bond acceptors (Lipinski definition) is 3. The van der Waals surface area contributed by atoms with Crippen LogP contribution in [0.4, 0.5) is 0 Å². The van der Waals surface area contributed by atoms with Gasteiger partial charge in [-0.15, -0.1) is 0 Å². The SMILES string of the molecule is COC(=O)CC(C)(C)c1ccc(C(=O)O)cc1. The summed E-state index contributed by atoms with van der Waals surface area (Å²) >= 11 is 0. The van der Waals surface area contributed by atoms with E-state index in [4.69, 9.17) is 5.11 Å². The van der Waals surface area contributed by atoms with E-state index in [2.05, 4.69) is 4.74 Å². The Bertz CT molecular complexity index is 418. The van der Waals surface area contributed by atoms with Crippen LogP contribution in [0.1, 0.15) is 36.2 Å². The largest absolute Gasteiger partial charge is 0.478 e. The third kappa shape index (κ3) is 3.31. The highest BCUT2D eigenvalue weighted by atomic mass is 16.5. The molecule has 0 amide bonds. The number of carboxylic acids is 1. The van der Waals surface area contributed by atoms with Crippen molar-refractivity contribution in [1.29, 1.82) is 0 Å². The molecule has 0 saturated carbocycles. The highest BCUT2D eigenvalue weighted by molar-refractivity contribution is 5.87. The topological polar surface area (TPSA) is 63.6 Å². The smallest absolute Gasteiger partial charge is 0.335 e. The van der Waals surface area contributed by atoms with Crippen LogP contribution in [0.2, 0.25) is 0 Å². The van der Waals surface area contributed by atoms with Gasteiger partial charge in [0.25, 0.3) is 0 Å². The average molecular weight is 236 g/mol. The minimum atomic E-state index is -0.956. The van der Waals surface area contributed by atoms with Gasteiger partial charge in [0.15, 0.2) is 0 Å². The molecule has 0 unspecified atom stereocenters. The fourth-order valence-corrected chi connectivity index (χ4v) is 1.60. The molecule has 1 aromatic rings. The lowest BCUT2D eigenvalue weighted by atomic mass is 9.81. The van der Waals surface area contributed by atoms with Gasteiger partial charge in [0, 0.05) is 5.41 Å². The van der Waals surface area contributed by atoms with Gasteiger partial charge in [-0.2, -0.15) is 0 Å². The molecule has 0 aliphatic rings. The summed E-state index contributed by atoms with van der Waals surface area (Å²) in [5.74, 6) is -1.24. The predicted octanol–water partition coefficient (Wildman–Crippen LogP) is 2.23. The summed E-state index contributed by atoms with van der Waals surface area (Å²) in [6, 6.07) is 6.53. The maximum atomic E-state index is 11.3. The molecule has 0 aromatic heterocycles. The Labute approximate surface area is 100 Å². The highest BCUT2D eigenvalue weighted by Crippen LogP contribution is 2.27. The fourth-order valence-electron chi connectivity index (χ4n) is 1.60. The van der Waals surface area contributed by atoms with Gasteiger partial charge in [-0.3, -0.25) is 4.79 Å². The molecule has 1 aromatic carbocycles. The molecule has 4 heteroatoms. The van der Waals surface area contributed by atoms with E-state index < -0.39 is 5.97 Å². The van der Waals surface area contributed by atoms with E-state index in [0.717, 1.165) is 5.56 Å². The summed E-state index contributed by atoms with van der Waals surface area (Å²) in [6.07, 6.45) is 0.260. The number of methoxy groups -OCH3 is 1. The number of rotatable bonds is 4. The van der Waals surface area contributed by atoms with Crippen molar-refractivity contribution in [2.75, 3.05) is 7.11 Å². The van der Waals surface area contributed by atoms with Crippen molar-refractivity contribution in [2.45, 2.75) is 25.7 Å². The number of hydrogen-bond donors (Lipinski definition) is 1. The maximum absolute atomic E-state index is 11.3. The molecular weight excluding hydrogens is 220 g/mol. The summed E-state index contributed by atoms with van der Waals surface area (Å²) in [5.41, 5.74) is 0.778. The zero-order chi connectivity index (χ0) is 13.1. The van der Waals surface area contributed by atoms with Gasteiger partial charge < -0.3 is 9.84 Å². The van der Waals surface area contributed by atoms with Gasteiger partial charge >= 0.3 is 11.9 Å². The Balaban J connectivity index is 2.91. The van der Waals surface area contributed by atoms with E-state index in [9.17, 15) is 9.59 Å². The summed E-state index contributed by atoms with van der Waals surface area (Å²) in [7, 11) is 1.35. The lowest BCUT2D eigenvalue weighted by Crippen LogP contribution is -2.22. The van der Waals surface area contributed by atoms with Crippen molar-refractivity contribution < 1.29 is 19.4 Å². The second-order valence-electron chi connectivity index (χ2n) is 4.52. The van der Waals surface area contributed by atoms with E-state index in [-0.39, 0.29) is 23.4 Å². The average Bonchev–Trinajstić information content (AvgIpc) is 2.28. The second kappa shape index (κ2) is 4.99. The van der Waals surface area contributed by atoms with Crippen LogP contribution in [0, 0.1) is 0 Å². The number of carbonyl (C=O) groups is 2. The van der Waals surface area contributed by atoms with Gasteiger partial charge in [0.2, 0.25) is 0 Å². The van der Waals surface area contributed by atoms with Crippen molar-refractivity contribution in [3.8, 4) is 0 Å². The first-order valence-corrected chi connectivity index (χ1v) is 5.27. The fraction of sp³-hybridized carbons (Fsp3) is 0.385. The molecule has 0 heterocycles. The van der Waals surface area contributed by atoms with Gasteiger partial charge in [-0.1, -0.05) is 26.0 Å². The zero-order valence-corrected chi connectivity index (χ0v) is 10.2. The van der Waals surface area contributed by atoms with E-state index in [1.165, 1.54) is 19.2 Å². The molecule has 0 aliphatic carbocycles. The van der Waals surface area contributed by atoms with E-state index in [1.807, 2.05) is 13.8 Å². The molecule has 0 aliphatic heterocycles. The predicted molar refractivity (Wildman–Crippen MR) is 63.1 cm³/mol. The lowest BCUT2D eigenvalue weighted by Gasteiger charge is -2.23. The van der Waals surface area contributed by atoms with Crippen LogP contribution < -0.4 is 0 Å². The Morgan fingerprint density at radius 1 is 1.24 bits per heavy atom. The van der Waals surface area contributed by atoms with Crippen LogP contribution >= 0.6 is 0 Å².